The van der Waals surface area contributed by atoms with Crippen molar-refractivity contribution in [1.82, 2.24) is 0 Å². The second kappa shape index (κ2) is 7.89. The highest BCUT2D eigenvalue weighted by Gasteiger charge is 2.38. The number of hydrogen-bond acceptors (Lipinski definition) is 2. The first-order chi connectivity index (χ1) is 10.9. The Balaban J connectivity index is 2.51. The van der Waals surface area contributed by atoms with Gasteiger partial charge in [-0.2, -0.15) is 0 Å². The van der Waals surface area contributed by atoms with Gasteiger partial charge in [-0.1, -0.05) is 67.6 Å². The molecule has 23 heavy (non-hydrogen) atoms. The smallest absolute Gasteiger partial charge is 0.329 e. The van der Waals surface area contributed by atoms with E-state index in [9.17, 15) is 14.4 Å². The average molecular weight is 333 g/mol. The van der Waals surface area contributed by atoms with Gasteiger partial charge in [0.15, 0.2) is 0 Å². The fraction of sp³-hybridized carbons (Fsp3) is 0.333. The van der Waals surface area contributed by atoms with Gasteiger partial charge in [0, 0.05) is 5.92 Å². The standard InChI is InChI=1S/C18H24NO3P/c1-14(13-19)12-17(23(20,21)22)18(15-8-4-2-5-9-15)16-10-6-3-7-11-16/h2-11,14,17-18H,12-13,19H2,1H3,(H2,20,21,22). The molecule has 0 aromatic heterocycles. The summed E-state index contributed by atoms with van der Waals surface area (Å²) in [6.07, 6.45) is 0.384. The summed E-state index contributed by atoms with van der Waals surface area (Å²) in [5.74, 6) is -0.310. The molecule has 0 saturated carbocycles. The molecule has 2 aromatic carbocycles. The van der Waals surface area contributed by atoms with Crippen molar-refractivity contribution in [2.45, 2.75) is 24.9 Å². The fourth-order valence-electron chi connectivity index (χ4n) is 2.93. The first-order valence-corrected chi connectivity index (χ1v) is 9.46. The molecule has 4 N–H and O–H groups in total. The van der Waals surface area contributed by atoms with Crippen molar-refractivity contribution >= 4 is 7.60 Å². The molecule has 0 bridgehead atoms. The third kappa shape index (κ3) is 4.76. The molecule has 0 saturated heterocycles. The Morgan fingerprint density at radius 3 is 1.74 bits per heavy atom. The molecular formula is C18H24NO3P. The normalized spacial score (nSPS) is 14.7. The summed E-state index contributed by atoms with van der Waals surface area (Å²) in [6, 6.07) is 19.1. The number of benzene rings is 2. The second-order valence-electron chi connectivity index (χ2n) is 6.03. The molecule has 0 radical (unpaired) electrons. The van der Waals surface area contributed by atoms with E-state index in [0.29, 0.717) is 13.0 Å². The Morgan fingerprint density at radius 1 is 0.957 bits per heavy atom. The molecule has 5 heteroatoms. The highest BCUT2D eigenvalue weighted by molar-refractivity contribution is 7.52. The van der Waals surface area contributed by atoms with Gasteiger partial charge in [0.2, 0.25) is 0 Å². The molecular weight excluding hydrogens is 309 g/mol. The topological polar surface area (TPSA) is 83.6 Å². The molecule has 2 atom stereocenters. The minimum atomic E-state index is -4.29. The lowest BCUT2D eigenvalue weighted by Gasteiger charge is -2.30. The molecule has 2 unspecified atom stereocenters. The maximum absolute atomic E-state index is 12.2. The summed E-state index contributed by atoms with van der Waals surface area (Å²) in [5.41, 5.74) is 6.73. The van der Waals surface area contributed by atoms with E-state index in [1.807, 2.05) is 67.6 Å². The molecule has 0 aliphatic carbocycles. The van der Waals surface area contributed by atoms with Crippen LogP contribution in [-0.2, 0) is 4.57 Å². The molecule has 0 aliphatic rings. The van der Waals surface area contributed by atoms with Crippen LogP contribution in [0.4, 0.5) is 0 Å². The molecule has 0 fully saturated rings. The van der Waals surface area contributed by atoms with E-state index in [4.69, 9.17) is 5.73 Å². The Hall–Kier alpha value is -1.45. The predicted molar refractivity (Wildman–Crippen MR) is 93.4 cm³/mol. The lowest BCUT2D eigenvalue weighted by atomic mass is 9.85. The van der Waals surface area contributed by atoms with E-state index < -0.39 is 13.3 Å². The molecule has 0 heterocycles. The van der Waals surface area contributed by atoms with E-state index in [1.165, 1.54) is 0 Å². The molecule has 0 aliphatic heterocycles. The monoisotopic (exact) mass is 333 g/mol. The van der Waals surface area contributed by atoms with Crippen molar-refractivity contribution in [2.24, 2.45) is 11.7 Å². The Morgan fingerprint density at radius 2 is 1.39 bits per heavy atom. The summed E-state index contributed by atoms with van der Waals surface area (Å²) >= 11 is 0. The number of nitrogens with two attached hydrogens (primary N) is 1. The molecule has 0 amide bonds. The highest BCUT2D eigenvalue weighted by atomic mass is 31.2. The van der Waals surface area contributed by atoms with Gasteiger partial charge in [0.25, 0.3) is 0 Å². The minimum Gasteiger partial charge on any atom is -0.330 e. The van der Waals surface area contributed by atoms with E-state index in [0.717, 1.165) is 11.1 Å². The van der Waals surface area contributed by atoms with Crippen LogP contribution in [0.1, 0.15) is 30.4 Å². The third-order valence-electron chi connectivity index (χ3n) is 4.18. The zero-order valence-corrected chi connectivity index (χ0v) is 14.1. The SMILES string of the molecule is CC(CN)CC(C(c1ccccc1)c1ccccc1)P(=O)(O)O. The predicted octanol–water partition coefficient (Wildman–Crippen LogP) is 3.35. The summed E-state index contributed by atoms with van der Waals surface area (Å²) in [7, 11) is -4.29. The van der Waals surface area contributed by atoms with E-state index in [2.05, 4.69) is 0 Å². The van der Waals surface area contributed by atoms with Crippen LogP contribution >= 0.6 is 7.60 Å². The first kappa shape index (κ1) is 17.9. The summed E-state index contributed by atoms with van der Waals surface area (Å²) < 4.78 is 12.2. The van der Waals surface area contributed by atoms with Crippen molar-refractivity contribution in [3.05, 3.63) is 71.8 Å². The van der Waals surface area contributed by atoms with Gasteiger partial charge < -0.3 is 15.5 Å². The molecule has 4 nitrogen and oxygen atoms in total. The zero-order valence-electron chi connectivity index (χ0n) is 13.2. The van der Waals surface area contributed by atoms with E-state index in [-0.39, 0.29) is 11.8 Å². The van der Waals surface area contributed by atoms with Crippen LogP contribution in [0.3, 0.4) is 0 Å². The molecule has 124 valence electrons. The lowest BCUT2D eigenvalue weighted by Crippen LogP contribution is -2.25. The second-order valence-corrected chi connectivity index (χ2v) is 7.87. The van der Waals surface area contributed by atoms with Crippen LogP contribution in [0.15, 0.2) is 60.7 Å². The van der Waals surface area contributed by atoms with Gasteiger partial charge in [-0.15, -0.1) is 0 Å². The van der Waals surface area contributed by atoms with Crippen molar-refractivity contribution < 1.29 is 14.4 Å². The van der Waals surface area contributed by atoms with Crippen molar-refractivity contribution in [1.29, 1.82) is 0 Å². The molecule has 2 aromatic rings. The quantitative estimate of drug-likeness (QED) is 0.679. The van der Waals surface area contributed by atoms with Gasteiger partial charge in [0.05, 0.1) is 5.66 Å². The molecule has 2 rings (SSSR count). The van der Waals surface area contributed by atoms with Crippen LogP contribution in [0, 0.1) is 5.92 Å². The van der Waals surface area contributed by atoms with Gasteiger partial charge in [-0.25, -0.2) is 0 Å². The van der Waals surface area contributed by atoms with Crippen molar-refractivity contribution in [3.63, 3.8) is 0 Å². The Kier molecular flexibility index (Phi) is 6.14. The van der Waals surface area contributed by atoms with Crippen LogP contribution in [0.2, 0.25) is 0 Å². The summed E-state index contributed by atoms with van der Waals surface area (Å²) in [6.45, 7) is 2.34. The number of hydrogen-bond donors (Lipinski definition) is 3. The van der Waals surface area contributed by atoms with Crippen LogP contribution in [0.25, 0.3) is 0 Å². The van der Waals surface area contributed by atoms with Crippen molar-refractivity contribution in [2.75, 3.05) is 6.54 Å². The maximum atomic E-state index is 12.2. The van der Waals surface area contributed by atoms with Crippen molar-refractivity contribution in [3.8, 4) is 0 Å². The van der Waals surface area contributed by atoms with Crippen LogP contribution in [-0.4, -0.2) is 22.0 Å². The largest absolute Gasteiger partial charge is 0.330 e. The maximum Gasteiger partial charge on any atom is 0.329 e. The van der Waals surface area contributed by atoms with Gasteiger partial charge in [-0.05, 0) is 30.0 Å². The van der Waals surface area contributed by atoms with Gasteiger partial charge in [-0.3, -0.25) is 4.57 Å². The highest BCUT2D eigenvalue weighted by Crippen LogP contribution is 2.52. The summed E-state index contributed by atoms with van der Waals surface area (Å²) in [5, 5.41) is 0. The third-order valence-corrected chi connectivity index (χ3v) is 5.55. The van der Waals surface area contributed by atoms with Gasteiger partial charge >= 0.3 is 7.60 Å². The first-order valence-electron chi connectivity index (χ1n) is 7.78. The van der Waals surface area contributed by atoms with E-state index >= 15 is 0 Å². The minimum absolute atomic E-state index is 0.0440. The Labute approximate surface area is 137 Å². The zero-order chi connectivity index (χ0) is 16.9. The summed E-state index contributed by atoms with van der Waals surface area (Å²) in [4.78, 5) is 20.0. The van der Waals surface area contributed by atoms with E-state index in [1.54, 1.807) is 0 Å². The van der Waals surface area contributed by atoms with Crippen LogP contribution in [0.5, 0.6) is 0 Å². The average Bonchev–Trinajstić information content (AvgIpc) is 2.55. The molecule has 0 spiro atoms. The van der Waals surface area contributed by atoms with Crippen LogP contribution < -0.4 is 5.73 Å². The van der Waals surface area contributed by atoms with Gasteiger partial charge in [0.1, 0.15) is 0 Å². The fourth-order valence-corrected chi connectivity index (χ4v) is 4.30. The number of rotatable bonds is 7. The lowest BCUT2D eigenvalue weighted by molar-refractivity contribution is 0.337. The Bertz CT molecular complexity index is 602.